The summed E-state index contributed by atoms with van der Waals surface area (Å²) >= 11 is 0. The number of hydrogen-bond donors (Lipinski definition) is 4. The van der Waals surface area contributed by atoms with Crippen LogP contribution >= 0.6 is 0 Å². The molecule has 0 radical (unpaired) electrons. The molecule has 0 spiro atoms. The number of rotatable bonds is 12. The molecule has 0 saturated heterocycles. The highest BCUT2D eigenvalue weighted by molar-refractivity contribution is 5.92. The van der Waals surface area contributed by atoms with Crippen molar-refractivity contribution in [3.05, 3.63) is 71.8 Å². The maximum absolute atomic E-state index is 12.6. The number of benzene rings is 2. The second kappa shape index (κ2) is 13.7. The Bertz CT molecular complexity index is 906. The van der Waals surface area contributed by atoms with Gasteiger partial charge in [0, 0.05) is 31.8 Å². The number of carbonyl (C=O) groups is 2. The first-order valence-electron chi connectivity index (χ1n) is 10.7. The molecule has 5 N–H and O–H groups in total. The van der Waals surface area contributed by atoms with E-state index in [2.05, 4.69) is 5.32 Å². The van der Waals surface area contributed by atoms with Crippen LogP contribution in [0.15, 0.2) is 60.7 Å². The van der Waals surface area contributed by atoms with E-state index in [9.17, 15) is 19.8 Å². The third-order valence-electron chi connectivity index (χ3n) is 4.73. The van der Waals surface area contributed by atoms with Crippen molar-refractivity contribution in [1.82, 2.24) is 10.2 Å². The van der Waals surface area contributed by atoms with Gasteiger partial charge in [-0.3, -0.25) is 9.59 Å². The summed E-state index contributed by atoms with van der Waals surface area (Å²) in [5, 5.41) is 21.4. The lowest BCUT2D eigenvalue weighted by atomic mass is 10.2. The Labute approximate surface area is 188 Å². The molecule has 0 bridgehead atoms. The summed E-state index contributed by atoms with van der Waals surface area (Å²) in [4.78, 5) is 26.2. The average molecular weight is 438 g/mol. The van der Waals surface area contributed by atoms with E-state index in [-0.39, 0.29) is 23.3 Å². The fourth-order valence-electron chi connectivity index (χ4n) is 2.93. The number of nitrogens with two attached hydrogens (primary N) is 1. The Kier molecular flexibility index (Phi) is 10.5. The van der Waals surface area contributed by atoms with E-state index in [1.165, 1.54) is 12.2 Å². The summed E-state index contributed by atoms with van der Waals surface area (Å²) in [7, 11) is 0. The highest BCUT2D eigenvalue weighted by Crippen LogP contribution is 2.12. The molecular formula is C25H31N3O4. The highest BCUT2D eigenvalue weighted by atomic mass is 16.3. The lowest BCUT2D eigenvalue weighted by Crippen LogP contribution is -2.33. The van der Waals surface area contributed by atoms with Gasteiger partial charge in [-0.1, -0.05) is 24.3 Å². The molecule has 0 saturated carbocycles. The predicted molar refractivity (Wildman–Crippen MR) is 127 cm³/mol. The first kappa shape index (κ1) is 24.7. The second-order valence-electron chi connectivity index (χ2n) is 7.32. The molecule has 2 amide bonds. The van der Waals surface area contributed by atoms with Crippen LogP contribution in [0.1, 0.15) is 30.4 Å². The zero-order valence-corrected chi connectivity index (χ0v) is 18.1. The number of nitrogens with one attached hydrogen (secondary N) is 1. The minimum absolute atomic E-state index is 0.0904. The molecule has 32 heavy (non-hydrogen) atoms. The number of hydrogen-bond acceptors (Lipinski definition) is 5. The number of carbonyl (C=O) groups excluding carboxylic acids is 2. The minimum Gasteiger partial charge on any atom is -0.508 e. The predicted octanol–water partition coefficient (Wildman–Crippen LogP) is 2.90. The number of phenols is 2. The standard InChI is InChI=1S/C25H31N3O4/c26-16-3-19-28(25(32)15-9-21-6-12-23(30)13-7-21)18-2-1-17-27-24(31)14-8-20-4-10-22(29)11-5-20/h4-15,29-30H,1-3,16-19,26H2,(H,27,31). The van der Waals surface area contributed by atoms with Gasteiger partial charge in [-0.15, -0.1) is 0 Å². The minimum atomic E-state index is -0.189. The van der Waals surface area contributed by atoms with Crippen LogP contribution in [0, 0.1) is 0 Å². The van der Waals surface area contributed by atoms with E-state index < -0.39 is 0 Å². The van der Waals surface area contributed by atoms with Crippen LogP contribution in [0.5, 0.6) is 11.5 Å². The van der Waals surface area contributed by atoms with Crippen molar-refractivity contribution in [2.75, 3.05) is 26.2 Å². The van der Waals surface area contributed by atoms with E-state index >= 15 is 0 Å². The Hall–Kier alpha value is -3.58. The molecule has 0 aliphatic rings. The van der Waals surface area contributed by atoms with Gasteiger partial charge in [0.05, 0.1) is 0 Å². The molecule has 0 aliphatic carbocycles. The Morgan fingerprint density at radius 2 is 1.34 bits per heavy atom. The largest absolute Gasteiger partial charge is 0.508 e. The number of aromatic hydroxyl groups is 2. The molecule has 2 aromatic rings. The fourth-order valence-corrected chi connectivity index (χ4v) is 2.93. The molecule has 170 valence electrons. The summed E-state index contributed by atoms with van der Waals surface area (Å²) in [5.41, 5.74) is 7.26. The zero-order chi connectivity index (χ0) is 23.2. The van der Waals surface area contributed by atoms with Gasteiger partial charge in [0.2, 0.25) is 11.8 Å². The lowest BCUT2D eigenvalue weighted by molar-refractivity contribution is -0.126. The van der Waals surface area contributed by atoms with Gasteiger partial charge in [-0.05, 0) is 73.4 Å². The molecule has 0 unspecified atom stereocenters. The molecule has 0 aliphatic heterocycles. The van der Waals surface area contributed by atoms with Crippen LogP contribution in [0.4, 0.5) is 0 Å². The van der Waals surface area contributed by atoms with Gasteiger partial charge in [-0.25, -0.2) is 0 Å². The van der Waals surface area contributed by atoms with Crippen LogP contribution in [0.25, 0.3) is 12.2 Å². The van der Waals surface area contributed by atoms with Crippen molar-refractivity contribution in [1.29, 1.82) is 0 Å². The Morgan fingerprint density at radius 3 is 1.91 bits per heavy atom. The first-order chi connectivity index (χ1) is 15.5. The van der Waals surface area contributed by atoms with Gasteiger partial charge < -0.3 is 26.2 Å². The maximum Gasteiger partial charge on any atom is 0.246 e. The number of unbranched alkanes of at least 4 members (excludes halogenated alkanes) is 1. The number of amides is 2. The third kappa shape index (κ3) is 9.49. The quantitative estimate of drug-likeness (QED) is 0.301. The summed E-state index contributed by atoms with van der Waals surface area (Å²) in [6.45, 7) is 2.19. The molecule has 2 rings (SSSR count). The van der Waals surface area contributed by atoms with Crippen LogP contribution < -0.4 is 11.1 Å². The van der Waals surface area contributed by atoms with Gasteiger partial charge >= 0.3 is 0 Å². The smallest absolute Gasteiger partial charge is 0.246 e. The Balaban J connectivity index is 1.74. The first-order valence-corrected chi connectivity index (χ1v) is 10.7. The summed E-state index contributed by atoms with van der Waals surface area (Å²) < 4.78 is 0. The molecule has 2 aromatic carbocycles. The molecule has 0 heterocycles. The third-order valence-corrected chi connectivity index (χ3v) is 4.73. The van der Waals surface area contributed by atoms with Crippen LogP contribution in [0.3, 0.4) is 0 Å². The number of phenolic OH excluding ortho intramolecular Hbond substituents is 2. The van der Waals surface area contributed by atoms with Crippen molar-refractivity contribution < 1.29 is 19.8 Å². The fraction of sp³-hybridized carbons (Fsp3) is 0.280. The normalized spacial score (nSPS) is 11.2. The molecule has 7 heteroatoms. The molecule has 0 atom stereocenters. The number of nitrogens with zero attached hydrogens (tertiary/aromatic N) is 1. The van der Waals surface area contributed by atoms with Crippen LogP contribution in [-0.2, 0) is 9.59 Å². The lowest BCUT2D eigenvalue weighted by Gasteiger charge is -2.21. The summed E-state index contributed by atoms with van der Waals surface area (Å²) in [6.07, 6.45) is 8.60. The van der Waals surface area contributed by atoms with Crippen LogP contribution in [-0.4, -0.2) is 53.1 Å². The highest BCUT2D eigenvalue weighted by Gasteiger charge is 2.09. The average Bonchev–Trinajstić information content (AvgIpc) is 2.80. The van der Waals surface area contributed by atoms with Crippen molar-refractivity contribution >= 4 is 24.0 Å². The van der Waals surface area contributed by atoms with Crippen molar-refractivity contribution in [2.24, 2.45) is 5.73 Å². The molecule has 7 nitrogen and oxygen atoms in total. The van der Waals surface area contributed by atoms with Crippen molar-refractivity contribution in [3.8, 4) is 11.5 Å². The zero-order valence-electron chi connectivity index (χ0n) is 18.1. The summed E-state index contributed by atoms with van der Waals surface area (Å²) in [6, 6.07) is 13.2. The second-order valence-corrected chi connectivity index (χ2v) is 7.32. The summed E-state index contributed by atoms with van der Waals surface area (Å²) in [5.74, 6) is 0.0841. The van der Waals surface area contributed by atoms with Crippen molar-refractivity contribution in [3.63, 3.8) is 0 Å². The Morgan fingerprint density at radius 1 is 0.812 bits per heavy atom. The van der Waals surface area contributed by atoms with E-state index in [0.717, 1.165) is 30.4 Å². The molecule has 0 fully saturated rings. The van der Waals surface area contributed by atoms with E-state index in [0.29, 0.717) is 26.2 Å². The van der Waals surface area contributed by atoms with Crippen LogP contribution in [0.2, 0.25) is 0 Å². The monoisotopic (exact) mass is 437 g/mol. The maximum atomic E-state index is 12.6. The topological polar surface area (TPSA) is 116 Å². The van der Waals surface area contributed by atoms with Gasteiger partial charge in [0.15, 0.2) is 0 Å². The van der Waals surface area contributed by atoms with Crippen molar-refractivity contribution in [2.45, 2.75) is 19.3 Å². The molecular weight excluding hydrogens is 406 g/mol. The van der Waals surface area contributed by atoms with E-state index in [1.807, 2.05) is 0 Å². The van der Waals surface area contributed by atoms with E-state index in [1.54, 1.807) is 65.6 Å². The van der Waals surface area contributed by atoms with Gasteiger partial charge in [-0.2, -0.15) is 0 Å². The SMILES string of the molecule is NCCCN(CCCCNC(=O)C=Cc1ccc(O)cc1)C(=O)C=Cc1ccc(O)cc1. The van der Waals surface area contributed by atoms with Gasteiger partial charge in [0.1, 0.15) is 11.5 Å². The molecule has 0 aromatic heterocycles. The van der Waals surface area contributed by atoms with Gasteiger partial charge in [0.25, 0.3) is 0 Å². The van der Waals surface area contributed by atoms with E-state index in [4.69, 9.17) is 5.73 Å².